The molecule has 0 spiro atoms. The lowest BCUT2D eigenvalue weighted by Crippen LogP contribution is -2.06. The molecule has 0 N–H and O–H groups in total. The normalized spacial score (nSPS) is 11.9. The van der Waals surface area contributed by atoms with E-state index in [1.165, 1.54) is 0 Å². The number of hydrogen-bond acceptors (Lipinski definition) is 3. The molecular formula is C29H33N5. The van der Waals surface area contributed by atoms with Crippen LogP contribution in [0.25, 0.3) is 45.1 Å². The third kappa shape index (κ3) is 4.35. The number of rotatable bonds is 8. The van der Waals surface area contributed by atoms with Gasteiger partial charge >= 0.3 is 0 Å². The molecule has 0 radical (unpaired) electrons. The summed E-state index contributed by atoms with van der Waals surface area (Å²) in [5.41, 5.74) is 6.12. The number of pyridine rings is 1. The van der Waals surface area contributed by atoms with E-state index in [1.54, 1.807) is 0 Å². The number of para-hydroxylation sites is 4. The summed E-state index contributed by atoms with van der Waals surface area (Å²) in [6.45, 7) is 10.9. The molecule has 3 heterocycles. The van der Waals surface area contributed by atoms with Crippen molar-refractivity contribution in [3.05, 3.63) is 66.7 Å². The lowest BCUT2D eigenvalue weighted by atomic mass is 10.1. The van der Waals surface area contributed by atoms with Gasteiger partial charge in [-0.1, -0.05) is 58.0 Å². The molecule has 5 rings (SSSR count). The molecule has 0 aliphatic heterocycles. The number of benzene rings is 2. The standard InChI is InChI=1S/C29H33N5/c1-20(2)16-18-33-26-14-7-5-10-22(26)31-28(33)24-12-9-13-25(30-24)29-32-23-11-6-8-15-27(23)34(29)19-17-21(3)4/h5-15,20-21H,16-19H2,1-4H3. The Morgan fingerprint density at radius 1 is 0.559 bits per heavy atom. The second-order valence-corrected chi connectivity index (χ2v) is 9.92. The number of aromatic nitrogens is 5. The summed E-state index contributed by atoms with van der Waals surface area (Å²) in [7, 11) is 0. The zero-order valence-corrected chi connectivity index (χ0v) is 20.6. The van der Waals surface area contributed by atoms with Gasteiger partial charge in [-0.05, 0) is 61.1 Å². The van der Waals surface area contributed by atoms with E-state index in [1.807, 2.05) is 12.1 Å². The first-order valence-corrected chi connectivity index (χ1v) is 12.4. The number of hydrogen-bond donors (Lipinski definition) is 0. The maximum Gasteiger partial charge on any atom is 0.159 e. The van der Waals surface area contributed by atoms with Crippen molar-refractivity contribution in [1.82, 2.24) is 24.1 Å². The van der Waals surface area contributed by atoms with Gasteiger partial charge in [-0.15, -0.1) is 0 Å². The van der Waals surface area contributed by atoms with E-state index < -0.39 is 0 Å². The Morgan fingerprint density at radius 2 is 1.00 bits per heavy atom. The Hall–Kier alpha value is -3.47. The van der Waals surface area contributed by atoms with Crippen LogP contribution in [0.1, 0.15) is 40.5 Å². The van der Waals surface area contributed by atoms with E-state index in [0.29, 0.717) is 11.8 Å². The molecule has 0 unspecified atom stereocenters. The maximum atomic E-state index is 5.11. The third-order valence-corrected chi connectivity index (χ3v) is 6.38. The number of fused-ring (bicyclic) bond motifs is 2. The maximum absolute atomic E-state index is 5.11. The average Bonchev–Trinajstić information content (AvgIpc) is 3.40. The van der Waals surface area contributed by atoms with Crippen LogP contribution in [0.3, 0.4) is 0 Å². The minimum Gasteiger partial charge on any atom is -0.323 e. The second-order valence-electron chi connectivity index (χ2n) is 9.92. The van der Waals surface area contributed by atoms with Crippen LogP contribution in [0.5, 0.6) is 0 Å². The van der Waals surface area contributed by atoms with Gasteiger partial charge < -0.3 is 9.13 Å². The van der Waals surface area contributed by atoms with Crippen molar-refractivity contribution in [2.75, 3.05) is 0 Å². The monoisotopic (exact) mass is 451 g/mol. The Balaban J connectivity index is 1.62. The van der Waals surface area contributed by atoms with Gasteiger partial charge in [0.1, 0.15) is 11.4 Å². The van der Waals surface area contributed by atoms with Crippen molar-refractivity contribution in [3.8, 4) is 23.0 Å². The SMILES string of the molecule is CC(C)CCn1c(-c2cccc(-c3nc4ccccc4n3CCC(C)C)n2)nc2ccccc21. The zero-order chi connectivity index (χ0) is 23.7. The first-order chi connectivity index (χ1) is 16.5. The molecule has 0 saturated carbocycles. The van der Waals surface area contributed by atoms with Crippen LogP contribution in [0.2, 0.25) is 0 Å². The molecule has 3 aromatic heterocycles. The predicted octanol–water partition coefficient (Wildman–Crippen LogP) is 7.21. The van der Waals surface area contributed by atoms with Crippen molar-refractivity contribution < 1.29 is 0 Å². The highest BCUT2D eigenvalue weighted by Gasteiger charge is 2.18. The minimum atomic E-state index is 0.620. The highest BCUT2D eigenvalue weighted by Crippen LogP contribution is 2.29. The molecule has 34 heavy (non-hydrogen) atoms. The van der Waals surface area contributed by atoms with Crippen LogP contribution < -0.4 is 0 Å². The zero-order valence-electron chi connectivity index (χ0n) is 20.6. The Bertz CT molecular complexity index is 1320. The predicted molar refractivity (Wildman–Crippen MR) is 141 cm³/mol. The summed E-state index contributed by atoms with van der Waals surface area (Å²) in [5, 5.41) is 0. The lowest BCUT2D eigenvalue weighted by Gasteiger charge is -2.13. The summed E-state index contributed by atoms with van der Waals surface area (Å²) >= 11 is 0. The molecule has 0 aliphatic carbocycles. The van der Waals surface area contributed by atoms with Crippen molar-refractivity contribution in [1.29, 1.82) is 0 Å². The van der Waals surface area contributed by atoms with Crippen LogP contribution in [-0.2, 0) is 13.1 Å². The van der Waals surface area contributed by atoms with Gasteiger partial charge in [0, 0.05) is 13.1 Å². The van der Waals surface area contributed by atoms with Crippen LogP contribution >= 0.6 is 0 Å². The highest BCUT2D eigenvalue weighted by molar-refractivity contribution is 5.82. The number of aryl methyl sites for hydroxylation is 2. The molecule has 0 fully saturated rings. The molecule has 2 aromatic carbocycles. The quantitative estimate of drug-likeness (QED) is 0.250. The number of nitrogens with zero attached hydrogens (tertiary/aromatic N) is 5. The van der Waals surface area contributed by atoms with Crippen LogP contribution in [0, 0.1) is 11.8 Å². The fourth-order valence-corrected chi connectivity index (χ4v) is 4.45. The van der Waals surface area contributed by atoms with E-state index in [4.69, 9.17) is 15.0 Å². The first kappa shape index (κ1) is 22.3. The minimum absolute atomic E-state index is 0.620. The van der Waals surface area contributed by atoms with E-state index >= 15 is 0 Å². The Labute approximate surface area is 201 Å². The average molecular weight is 452 g/mol. The molecule has 0 amide bonds. The fraction of sp³-hybridized carbons (Fsp3) is 0.345. The van der Waals surface area contributed by atoms with Crippen LogP contribution in [0.4, 0.5) is 0 Å². The van der Waals surface area contributed by atoms with Gasteiger partial charge in [0.2, 0.25) is 0 Å². The molecular weight excluding hydrogens is 418 g/mol. The highest BCUT2D eigenvalue weighted by atomic mass is 15.1. The molecule has 0 bridgehead atoms. The van der Waals surface area contributed by atoms with Gasteiger partial charge in [-0.25, -0.2) is 15.0 Å². The number of imidazole rings is 2. The van der Waals surface area contributed by atoms with Crippen LogP contribution in [-0.4, -0.2) is 24.1 Å². The van der Waals surface area contributed by atoms with Gasteiger partial charge in [0.25, 0.3) is 0 Å². The van der Waals surface area contributed by atoms with E-state index in [2.05, 4.69) is 91.4 Å². The summed E-state index contributed by atoms with van der Waals surface area (Å²) in [4.78, 5) is 15.1. The van der Waals surface area contributed by atoms with Crippen molar-refractivity contribution in [2.24, 2.45) is 11.8 Å². The summed E-state index contributed by atoms with van der Waals surface area (Å²) < 4.78 is 4.65. The molecule has 5 heteroatoms. The summed E-state index contributed by atoms with van der Waals surface area (Å²) in [6.07, 6.45) is 2.19. The first-order valence-electron chi connectivity index (χ1n) is 12.4. The molecule has 0 saturated heterocycles. The Kier molecular flexibility index (Phi) is 6.18. The van der Waals surface area contributed by atoms with Crippen LogP contribution in [0.15, 0.2) is 66.7 Å². The van der Waals surface area contributed by atoms with Gasteiger partial charge in [0.15, 0.2) is 11.6 Å². The van der Waals surface area contributed by atoms with Crippen molar-refractivity contribution >= 4 is 22.1 Å². The molecule has 0 atom stereocenters. The topological polar surface area (TPSA) is 48.5 Å². The van der Waals surface area contributed by atoms with Gasteiger partial charge in [0.05, 0.1) is 22.1 Å². The smallest absolute Gasteiger partial charge is 0.159 e. The van der Waals surface area contributed by atoms with Crippen molar-refractivity contribution in [3.63, 3.8) is 0 Å². The summed E-state index contributed by atoms with van der Waals surface area (Å²) in [5.74, 6) is 3.09. The molecule has 0 aliphatic rings. The molecule has 174 valence electrons. The lowest BCUT2D eigenvalue weighted by molar-refractivity contribution is 0.524. The molecule has 5 aromatic rings. The fourth-order valence-electron chi connectivity index (χ4n) is 4.45. The summed E-state index contributed by atoms with van der Waals surface area (Å²) in [6, 6.07) is 23.0. The van der Waals surface area contributed by atoms with E-state index in [9.17, 15) is 0 Å². The Morgan fingerprint density at radius 3 is 1.44 bits per heavy atom. The van der Waals surface area contributed by atoms with E-state index in [-0.39, 0.29) is 0 Å². The van der Waals surface area contributed by atoms with Gasteiger partial charge in [-0.3, -0.25) is 0 Å². The van der Waals surface area contributed by atoms with Gasteiger partial charge in [-0.2, -0.15) is 0 Å². The second kappa shape index (κ2) is 9.41. The van der Waals surface area contributed by atoms with Crippen molar-refractivity contribution in [2.45, 2.75) is 53.6 Å². The molecule has 5 nitrogen and oxygen atoms in total. The van der Waals surface area contributed by atoms with E-state index in [0.717, 1.165) is 71.0 Å². The largest absolute Gasteiger partial charge is 0.323 e. The third-order valence-electron chi connectivity index (χ3n) is 6.38.